The van der Waals surface area contributed by atoms with E-state index >= 15 is 0 Å². The maximum atomic E-state index is 13.3. The van der Waals surface area contributed by atoms with Crippen LogP contribution < -0.4 is 11.1 Å². The van der Waals surface area contributed by atoms with E-state index in [4.69, 9.17) is 17.3 Å². The molecule has 26 heavy (non-hydrogen) atoms. The summed E-state index contributed by atoms with van der Waals surface area (Å²) in [5.74, 6) is -1.24. The molecule has 1 atom stereocenters. The molecule has 7 heteroatoms. The van der Waals surface area contributed by atoms with Crippen LogP contribution in [0.1, 0.15) is 17.2 Å². The topological polar surface area (TPSA) is 63.8 Å². The van der Waals surface area contributed by atoms with Crippen molar-refractivity contribution in [3.63, 3.8) is 0 Å². The average molecular weight is 375 g/mol. The summed E-state index contributed by atoms with van der Waals surface area (Å²) >= 11 is 6.17. The molecule has 1 heterocycles. The highest BCUT2D eigenvalue weighted by atomic mass is 35.5. The number of hydrogen-bond donors (Lipinski definition) is 2. The molecule has 0 aliphatic heterocycles. The molecule has 3 rings (SSSR count). The van der Waals surface area contributed by atoms with Crippen molar-refractivity contribution in [2.75, 3.05) is 11.9 Å². The Hall–Kier alpha value is -2.57. The fourth-order valence-corrected chi connectivity index (χ4v) is 2.62. The van der Waals surface area contributed by atoms with Gasteiger partial charge in [-0.05, 0) is 36.2 Å². The van der Waals surface area contributed by atoms with Gasteiger partial charge < -0.3 is 11.1 Å². The molecule has 0 amide bonds. The Morgan fingerprint density at radius 2 is 1.88 bits per heavy atom. The number of rotatable bonds is 5. The molecule has 0 unspecified atom stereocenters. The van der Waals surface area contributed by atoms with Crippen LogP contribution in [0.4, 0.5) is 14.6 Å². The monoisotopic (exact) mass is 374 g/mol. The third-order valence-electron chi connectivity index (χ3n) is 4.01. The number of hydrogen-bond acceptors (Lipinski definition) is 4. The molecule has 0 saturated heterocycles. The molecular formula is C19H17ClF2N4. The molecule has 1 aromatic heterocycles. The Morgan fingerprint density at radius 1 is 1.08 bits per heavy atom. The zero-order chi connectivity index (χ0) is 18.7. The second-order valence-electron chi connectivity index (χ2n) is 5.91. The number of benzene rings is 2. The van der Waals surface area contributed by atoms with Crippen molar-refractivity contribution in [1.29, 1.82) is 0 Å². The molecule has 3 aromatic rings. The van der Waals surface area contributed by atoms with Crippen molar-refractivity contribution >= 4 is 17.4 Å². The highest BCUT2D eigenvalue weighted by molar-refractivity contribution is 6.31. The highest BCUT2D eigenvalue weighted by Gasteiger charge is 2.10. The summed E-state index contributed by atoms with van der Waals surface area (Å²) in [5, 5.41) is 3.75. The van der Waals surface area contributed by atoms with Crippen LogP contribution in [0.3, 0.4) is 0 Å². The van der Waals surface area contributed by atoms with Gasteiger partial charge in [0.15, 0.2) is 11.6 Å². The van der Waals surface area contributed by atoms with E-state index in [9.17, 15) is 8.78 Å². The molecule has 0 spiro atoms. The first-order valence-electron chi connectivity index (χ1n) is 7.97. The minimum absolute atomic E-state index is 0.302. The van der Waals surface area contributed by atoms with Crippen LogP contribution in [0.2, 0.25) is 5.02 Å². The summed E-state index contributed by atoms with van der Waals surface area (Å²) in [7, 11) is 0. The van der Waals surface area contributed by atoms with Gasteiger partial charge in [0.1, 0.15) is 12.1 Å². The first kappa shape index (κ1) is 18.2. The second-order valence-corrected chi connectivity index (χ2v) is 6.32. The summed E-state index contributed by atoms with van der Waals surface area (Å²) in [4.78, 5) is 8.41. The summed E-state index contributed by atoms with van der Waals surface area (Å²) < 4.78 is 26.3. The second kappa shape index (κ2) is 7.76. The van der Waals surface area contributed by atoms with Crippen molar-refractivity contribution in [3.8, 4) is 11.3 Å². The van der Waals surface area contributed by atoms with E-state index < -0.39 is 17.7 Å². The lowest BCUT2D eigenvalue weighted by molar-refractivity contribution is 0.505. The molecule has 0 aliphatic carbocycles. The van der Waals surface area contributed by atoms with E-state index in [1.807, 2.05) is 25.1 Å². The molecule has 0 fully saturated rings. The zero-order valence-electron chi connectivity index (χ0n) is 14.0. The first-order chi connectivity index (χ1) is 12.4. The van der Waals surface area contributed by atoms with Crippen LogP contribution in [0.5, 0.6) is 0 Å². The minimum Gasteiger partial charge on any atom is -0.368 e. The molecule has 2 aromatic carbocycles. The predicted octanol–water partition coefficient (Wildman–Crippen LogP) is 4.50. The fraction of sp³-hybridized carbons (Fsp3) is 0.158. The highest BCUT2D eigenvalue weighted by Crippen LogP contribution is 2.25. The van der Waals surface area contributed by atoms with Crippen LogP contribution in [0.15, 0.2) is 48.8 Å². The number of halogens is 3. The van der Waals surface area contributed by atoms with E-state index in [2.05, 4.69) is 15.3 Å². The molecule has 134 valence electrons. The number of nitrogens with zero attached hydrogens (tertiary/aromatic N) is 2. The van der Waals surface area contributed by atoms with Gasteiger partial charge in [-0.2, -0.15) is 0 Å². The van der Waals surface area contributed by atoms with Crippen LogP contribution in [-0.4, -0.2) is 16.5 Å². The Balaban J connectivity index is 1.72. The maximum Gasteiger partial charge on any atom is 0.159 e. The summed E-state index contributed by atoms with van der Waals surface area (Å²) in [6.07, 6.45) is 1.44. The molecular weight excluding hydrogens is 358 g/mol. The third kappa shape index (κ3) is 4.15. The van der Waals surface area contributed by atoms with Gasteiger partial charge in [0.25, 0.3) is 0 Å². The quantitative estimate of drug-likeness (QED) is 0.690. The van der Waals surface area contributed by atoms with E-state index in [0.29, 0.717) is 28.6 Å². The number of anilines is 1. The molecule has 0 aliphatic rings. The smallest absolute Gasteiger partial charge is 0.159 e. The van der Waals surface area contributed by atoms with Gasteiger partial charge in [-0.15, -0.1) is 0 Å². The Bertz CT molecular complexity index is 933. The van der Waals surface area contributed by atoms with Crippen LogP contribution in [0.25, 0.3) is 11.3 Å². The van der Waals surface area contributed by atoms with Crippen LogP contribution in [-0.2, 0) is 0 Å². The lowest BCUT2D eigenvalue weighted by Gasteiger charge is -2.14. The van der Waals surface area contributed by atoms with Crippen molar-refractivity contribution in [2.45, 2.75) is 13.0 Å². The molecule has 0 saturated carbocycles. The average Bonchev–Trinajstić information content (AvgIpc) is 2.64. The maximum absolute atomic E-state index is 13.3. The van der Waals surface area contributed by atoms with Crippen molar-refractivity contribution in [3.05, 3.63) is 76.6 Å². The van der Waals surface area contributed by atoms with Crippen LogP contribution >= 0.6 is 11.6 Å². The van der Waals surface area contributed by atoms with Crippen LogP contribution in [0, 0.1) is 18.6 Å². The van der Waals surface area contributed by atoms with E-state index in [-0.39, 0.29) is 0 Å². The number of aromatic nitrogens is 2. The number of nitrogens with two attached hydrogens (primary N) is 1. The standard InChI is InChI=1S/C19H17ClF2N4/c1-11-2-3-13(6-14(11)20)18-8-19(26-10-25-18)24-9-17(23)12-4-5-15(21)16(22)7-12/h2-8,10,17H,9,23H2,1H3,(H,24,25,26)/t17-/m0/s1. The number of nitrogens with one attached hydrogen (secondary N) is 1. The Labute approximate surface area is 155 Å². The van der Waals surface area contributed by atoms with E-state index in [0.717, 1.165) is 23.3 Å². The molecule has 0 radical (unpaired) electrons. The van der Waals surface area contributed by atoms with Gasteiger partial charge in [-0.1, -0.05) is 29.8 Å². The van der Waals surface area contributed by atoms with E-state index in [1.54, 1.807) is 6.07 Å². The van der Waals surface area contributed by atoms with Crippen molar-refractivity contribution in [1.82, 2.24) is 9.97 Å². The lowest BCUT2D eigenvalue weighted by Crippen LogP contribution is -2.21. The first-order valence-corrected chi connectivity index (χ1v) is 8.35. The van der Waals surface area contributed by atoms with Gasteiger partial charge in [-0.25, -0.2) is 18.7 Å². The summed E-state index contributed by atoms with van der Waals surface area (Å²) in [6.45, 7) is 2.23. The Morgan fingerprint density at radius 3 is 2.62 bits per heavy atom. The number of aryl methyl sites for hydroxylation is 1. The van der Waals surface area contributed by atoms with Gasteiger partial charge in [0.2, 0.25) is 0 Å². The Kier molecular flexibility index (Phi) is 5.44. The summed E-state index contributed by atoms with van der Waals surface area (Å²) in [5.41, 5.74) is 9.10. The zero-order valence-corrected chi connectivity index (χ0v) is 14.8. The van der Waals surface area contributed by atoms with Gasteiger partial charge in [-0.3, -0.25) is 0 Å². The molecule has 3 N–H and O–H groups in total. The van der Waals surface area contributed by atoms with Crippen molar-refractivity contribution in [2.24, 2.45) is 5.73 Å². The molecule has 4 nitrogen and oxygen atoms in total. The predicted molar refractivity (Wildman–Crippen MR) is 99.0 cm³/mol. The van der Waals surface area contributed by atoms with Gasteiger partial charge in [0, 0.05) is 29.2 Å². The minimum atomic E-state index is -0.918. The fourth-order valence-electron chi connectivity index (χ4n) is 2.44. The van der Waals surface area contributed by atoms with E-state index in [1.165, 1.54) is 12.4 Å². The molecule has 0 bridgehead atoms. The lowest BCUT2D eigenvalue weighted by atomic mass is 10.1. The summed E-state index contributed by atoms with van der Waals surface area (Å²) in [6, 6.07) is 10.6. The van der Waals surface area contributed by atoms with Gasteiger partial charge >= 0.3 is 0 Å². The SMILES string of the molecule is Cc1ccc(-c2cc(NC[C@H](N)c3ccc(F)c(F)c3)ncn2)cc1Cl. The van der Waals surface area contributed by atoms with Gasteiger partial charge in [0.05, 0.1) is 5.69 Å². The normalized spacial score (nSPS) is 12.0. The third-order valence-corrected chi connectivity index (χ3v) is 4.42. The van der Waals surface area contributed by atoms with Crippen molar-refractivity contribution < 1.29 is 8.78 Å². The largest absolute Gasteiger partial charge is 0.368 e.